The van der Waals surface area contributed by atoms with E-state index in [4.69, 9.17) is 9.15 Å². The van der Waals surface area contributed by atoms with Gasteiger partial charge in [0.05, 0.1) is 5.39 Å². The Morgan fingerprint density at radius 2 is 1.73 bits per heavy atom. The number of hydrogen-bond donors (Lipinski definition) is 1. The molecule has 0 aliphatic heterocycles. The van der Waals surface area contributed by atoms with Gasteiger partial charge in [-0.2, -0.15) is 0 Å². The fraction of sp³-hybridized carbons (Fsp3) is 0.238. The molecule has 5 heteroatoms. The third-order valence-corrected chi connectivity index (χ3v) is 4.24. The molecule has 5 nitrogen and oxygen atoms in total. The number of hydrogen-bond acceptors (Lipinski definition) is 4. The van der Waals surface area contributed by atoms with Crippen LogP contribution in [0.4, 0.5) is 0 Å². The van der Waals surface area contributed by atoms with Crippen molar-refractivity contribution < 1.29 is 19.1 Å². The van der Waals surface area contributed by atoms with Gasteiger partial charge in [-0.05, 0) is 44.9 Å². The Morgan fingerprint density at radius 3 is 2.35 bits per heavy atom. The maximum atomic E-state index is 13.1. The molecule has 0 aliphatic rings. The van der Waals surface area contributed by atoms with Gasteiger partial charge in [0.1, 0.15) is 5.58 Å². The van der Waals surface area contributed by atoms with Crippen LogP contribution in [0.1, 0.15) is 23.6 Å². The number of rotatable bonds is 4. The van der Waals surface area contributed by atoms with Crippen LogP contribution in [0, 0.1) is 20.8 Å². The molecule has 0 aliphatic carbocycles. The van der Waals surface area contributed by atoms with Gasteiger partial charge in [0.2, 0.25) is 11.2 Å². The van der Waals surface area contributed by atoms with Gasteiger partial charge in [-0.15, -0.1) is 0 Å². The van der Waals surface area contributed by atoms with E-state index in [0.717, 1.165) is 16.7 Å². The Balaban J connectivity index is 2.34. The average molecular weight is 352 g/mol. The molecule has 26 heavy (non-hydrogen) atoms. The number of fused-ring (bicyclic) bond motifs is 1. The van der Waals surface area contributed by atoms with E-state index in [1.54, 1.807) is 6.07 Å². The summed E-state index contributed by atoms with van der Waals surface area (Å²) in [4.78, 5) is 24.3. The van der Waals surface area contributed by atoms with Crippen LogP contribution in [0.3, 0.4) is 0 Å². The van der Waals surface area contributed by atoms with Crippen molar-refractivity contribution in [1.29, 1.82) is 0 Å². The lowest BCUT2D eigenvalue weighted by molar-refractivity contribution is -0.144. The number of carboxylic acids is 1. The van der Waals surface area contributed by atoms with Crippen LogP contribution in [0.5, 0.6) is 5.75 Å². The SMILES string of the molecule is Cc1ccc(-c2oc3c(C)cc(C)cc3c(=O)c2O[C@@H](C)C(=O)O)cc1. The van der Waals surface area contributed by atoms with Crippen molar-refractivity contribution in [3.63, 3.8) is 0 Å². The van der Waals surface area contributed by atoms with Crippen molar-refractivity contribution in [3.8, 4) is 17.1 Å². The second-order valence-electron chi connectivity index (χ2n) is 6.51. The van der Waals surface area contributed by atoms with Gasteiger partial charge in [0.15, 0.2) is 11.9 Å². The fourth-order valence-corrected chi connectivity index (χ4v) is 2.86. The zero-order valence-corrected chi connectivity index (χ0v) is 15.1. The number of aryl methyl sites for hydroxylation is 3. The molecule has 1 aromatic heterocycles. The third-order valence-electron chi connectivity index (χ3n) is 4.24. The summed E-state index contributed by atoms with van der Waals surface area (Å²) in [6.07, 6.45) is -1.18. The van der Waals surface area contributed by atoms with Crippen molar-refractivity contribution in [2.24, 2.45) is 0 Å². The molecule has 1 N–H and O–H groups in total. The summed E-state index contributed by atoms with van der Waals surface area (Å²) in [5.41, 5.74) is 3.58. The topological polar surface area (TPSA) is 76.7 Å². The molecule has 3 rings (SSSR count). The first-order valence-corrected chi connectivity index (χ1v) is 8.32. The zero-order chi connectivity index (χ0) is 19.0. The summed E-state index contributed by atoms with van der Waals surface area (Å²) in [5, 5.41) is 9.56. The monoisotopic (exact) mass is 352 g/mol. The van der Waals surface area contributed by atoms with E-state index < -0.39 is 12.1 Å². The van der Waals surface area contributed by atoms with E-state index >= 15 is 0 Å². The van der Waals surface area contributed by atoms with Crippen molar-refractivity contribution in [2.45, 2.75) is 33.8 Å². The molecule has 0 amide bonds. The van der Waals surface area contributed by atoms with Gasteiger partial charge in [-0.1, -0.05) is 35.9 Å². The molecule has 1 heterocycles. The molecule has 3 aromatic rings. The van der Waals surface area contributed by atoms with E-state index in [1.165, 1.54) is 6.92 Å². The van der Waals surface area contributed by atoms with Crippen LogP contribution in [0.25, 0.3) is 22.3 Å². The molecule has 0 unspecified atom stereocenters. The minimum absolute atomic E-state index is 0.0822. The quantitative estimate of drug-likeness (QED) is 0.760. The first-order valence-electron chi connectivity index (χ1n) is 8.32. The summed E-state index contributed by atoms with van der Waals surface area (Å²) in [6, 6.07) is 11.1. The first kappa shape index (κ1) is 17.7. The number of carboxylic acid groups (broad SMARTS) is 1. The molecule has 134 valence electrons. The zero-order valence-electron chi connectivity index (χ0n) is 15.1. The standard InChI is InChI=1S/C21H20O5/c1-11-5-7-15(8-6-11)19-20(25-14(4)21(23)24)17(22)16-10-12(2)9-13(3)18(16)26-19/h5-10,14H,1-4H3,(H,23,24)/t14-/m0/s1. The maximum Gasteiger partial charge on any atom is 0.344 e. The molecule has 0 bridgehead atoms. The van der Waals surface area contributed by atoms with Crippen LogP contribution in [-0.2, 0) is 4.79 Å². The van der Waals surface area contributed by atoms with Gasteiger partial charge in [-0.3, -0.25) is 4.79 Å². The number of carbonyl (C=O) groups is 1. The lowest BCUT2D eigenvalue weighted by Crippen LogP contribution is -2.26. The lowest BCUT2D eigenvalue weighted by atomic mass is 10.0. The smallest absolute Gasteiger partial charge is 0.344 e. The number of ether oxygens (including phenoxy) is 1. The lowest BCUT2D eigenvalue weighted by Gasteiger charge is -2.15. The minimum atomic E-state index is -1.18. The molecule has 0 radical (unpaired) electrons. The summed E-state index contributed by atoms with van der Waals surface area (Å²) < 4.78 is 11.6. The maximum absolute atomic E-state index is 13.1. The second-order valence-corrected chi connectivity index (χ2v) is 6.51. The molecule has 2 aromatic carbocycles. The van der Waals surface area contributed by atoms with Gasteiger partial charge >= 0.3 is 5.97 Å². The van der Waals surface area contributed by atoms with Crippen LogP contribution >= 0.6 is 0 Å². The third kappa shape index (κ3) is 3.20. The van der Waals surface area contributed by atoms with Crippen LogP contribution < -0.4 is 10.2 Å². The van der Waals surface area contributed by atoms with Crippen LogP contribution in [0.15, 0.2) is 45.6 Å². The predicted molar refractivity (Wildman–Crippen MR) is 99.9 cm³/mol. The number of benzene rings is 2. The molecular weight excluding hydrogens is 332 g/mol. The molecule has 0 saturated heterocycles. The minimum Gasteiger partial charge on any atom is -0.479 e. The second kappa shape index (κ2) is 6.67. The van der Waals surface area contributed by atoms with Gasteiger partial charge < -0.3 is 14.3 Å². The Labute approximate surface area is 150 Å². The Kier molecular flexibility index (Phi) is 4.55. The summed E-state index contributed by atoms with van der Waals surface area (Å²) >= 11 is 0. The van der Waals surface area contributed by atoms with Crippen molar-refractivity contribution in [2.75, 3.05) is 0 Å². The van der Waals surface area contributed by atoms with Crippen LogP contribution in [-0.4, -0.2) is 17.2 Å². The van der Waals surface area contributed by atoms with Crippen molar-refractivity contribution in [1.82, 2.24) is 0 Å². The van der Waals surface area contributed by atoms with E-state index in [2.05, 4.69) is 0 Å². The number of aliphatic carboxylic acids is 1. The fourth-order valence-electron chi connectivity index (χ4n) is 2.86. The van der Waals surface area contributed by atoms with E-state index in [0.29, 0.717) is 16.5 Å². The first-order chi connectivity index (χ1) is 12.3. The molecule has 0 saturated carbocycles. The van der Waals surface area contributed by atoms with Crippen molar-refractivity contribution in [3.05, 3.63) is 63.3 Å². The summed E-state index contributed by atoms with van der Waals surface area (Å²) in [5.74, 6) is -0.997. The largest absolute Gasteiger partial charge is 0.479 e. The highest BCUT2D eigenvalue weighted by Gasteiger charge is 2.23. The molecule has 0 spiro atoms. The van der Waals surface area contributed by atoms with Gasteiger partial charge in [0, 0.05) is 5.56 Å². The Hall–Kier alpha value is -3.08. The Bertz CT molecular complexity index is 1040. The highest BCUT2D eigenvalue weighted by Crippen LogP contribution is 2.33. The van der Waals surface area contributed by atoms with E-state index in [-0.39, 0.29) is 16.9 Å². The highest BCUT2D eigenvalue weighted by atomic mass is 16.5. The molecular formula is C21H20O5. The predicted octanol–water partition coefficient (Wildman–Crippen LogP) is 4.24. The molecule has 0 fully saturated rings. The summed E-state index contributed by atoms with van der Waals surface area (Å²) in [6.45, 7) is 7.10. The van der Waals surface area contributed by atoms with Crippen molar-refractivity contribution >= 4 is 16.9 Å². The summed E-state index contributed by atoms with van der Waals surface area (Å²) in [7, 11) is 0. The molecule has 1 atom stereocenters. The normalized spacial score (nSPS) is 12.2. The Morgan fingerprint density at radius 1 is 1.08 bits per heavy atom. The average Bonchev–Trinajstić information content (AvgIpc) is 2.58. The van der Waals surface area contributed by atoms with E-state index in [1.807, 2.05) is 51.1 Å². The van der Waals surface area contributed by atoms with Crippen LogP contribution in [0.2, 0.25) is 0 Å². The highest BCUT2D eigenvalue weighted by molar-refractivity contribution is 5.85. The van der Waals surface area contributed by atoms with Gasteiger partial charge in [0.25, 0.3) is 0 Å². The van der Waals surface area contributed by atoms with E-state index in [9.17, 15) is 14.7 Å². The van der Waals surface area contributed by atoms with Gasteiger partial charge in [-0.25, -0.2) is 4.79 Å².